The van der Waals surface area contributed by atoms with Crippen LogP contribution in [0.2, 0.25) is 0 Å². The van der Waals surface area contributed by atoms with E-state index in [2.05, 4.69) is 15.9 Å². The van der Waals surface area contributed by atoms with Gasteiger partial charge in [0.15, 0.2) is 0 Å². The first-order chi connectivity index (χ1) is 9.41. The van der Waals surface area contributed by atoms with Gasteiger partial charge in [0.25, 0.3) is 5.91 Å². The number of rotatable bonds is 3. The Balaban J connectivity index is 2.19. The van der Waals surface area contributed by atoms with Crippen LogP contribution in [-0.4, -0.2) is 48.2 Å². The number of carboxylic acid groups (broad SMARTS) is 1. The van der Waals surface area contributed by atoms with Crippen LogP contribution in [0.25, 0.3) is 0 Å². The van der Waals surface area contributed by atoms with Crippen LogP contribution in [0.4, 0.5) is 5.69 Å². The third-order valence-electron chi connectivity index (χ3n) is 3.43. The molecule has 0 aromatic heterocycles. The Bertz CT molecular complexity index is 549. The molecule has 2 unspecified atom stereocenters. The zero-order chi connectivity index (χ0) is 14.9. The summed E-state index contributed by atoms with van der Waals surface area (Å²) in [7, 11) is 1.59. The molecule has 0 spiro atoms. The lowest BCUT2D eigenvalue weighted by atomic mass is 10.0. The van der Waals surface area contributed by atoms with Gasteiger partial charge in [0.2, 0.25) is 0 Å². The summed E-state index contributed by atoms with van der Waals surface area (Å²) in [6, 6.07) is 4.41. The minimum absolute atomic E-state index is 0.128. The molecule has 3 N–H and O–H groups in total. The van der Waals surface area contributed by atoms with Crippen LogP contribution in [0.3, 0.4) is 0 Å². The Morgan fingerprint density at radius 1 is 1.45 bits per heavy atom. The van der Waals surface area contributed by atoms with Gasteiger partial charge in [0.1, 0.15) is 5.92 Å². The smallest absolute Gasteiger partial charge is 0.311 e. The molecular weight excluding hydrogens is 328 g/mol. The predicted molar refractivity (Wildman–Crippen MR) is 76.4 cm³/mol. The van der Waals surface area contributed by atoms with E-state index in [4.69, 9.17) is 15.6 Å². The number of amides is 1. The Morgan fingerprint density at radius 2 is 2.15 bits per heavy atom. The molecule has 6 nitrogen and oxygen atoms in total. The van der Waals surface area contributed by atoms with Crippen LogP contribution in [0, 0.1) is 5.92 Å². The van der Waals surface area contributed by atoms with E-state index < -0.39 is 17.9 Å². The molecule has 0 saturated carbocycles. The molecule has 0 bridgehead atoms. The second-order valence-electron chi connectivity index (χ2n) is 4.70. The monoisotopic (exact) mass is 342 g/mol. The van der Waals surface area contributed by atoms with Crippen LogP contribution < -0.4 is 5.73 Å². The number of hydrogen-bond acceptors (Lipinski definition) is 4. The second-order valence-corrected chi connectivity index (χ2v) is 5.56. The van der Waals surface area contributed by atoms with Crippen molar-refractivity contribution in [2.24, 2.45) is 5.92 Å². The summed E-state index contributed by atoms with van der Waals surface area (Å²) in [6.07, 6.45) is 0. The van der Waals surface area contributed by atoms with Gasteiger partial charge in [-0.15, -0.1) is 0 Å². The highest BCUT2D eigenvalue weighted by Gasteiger charge is 2.38. The fraction of sp³-hybridized carbons (Fsp3) is 0.385. The van der Waals surface area contributed by atoms with Crippen molar-refractivity contribution in [2.45, 2.75) is 6.04 Å². The fourth-order valence-electron chi connectivity index (χ4n) is 2.17. The number of nitrogens with two attached hydrogens (primary N) is 1. The number of nitrogen functional groups attached to an aromatic ring is 1. The van der Waals surface area contributed by atoms with E-state index in [1.54, 1.807) is 25.2 Å². The van der Waals surface area contributed by atoms with Crippen LogP contribution in [-0.2, 0) is 9.53 Å². The number of nitrogens with zero attached hydrogens (tertiary/aromatic N) is 1. The largest absolute Gasteiger partial charge is 0.481 e. The first-order valence-electron chi connectivity index (χ1n) is 6.04. The van der Waals surface area contributed by atoms with E-state index in [0.29, 0.717) is 15.7 Å². The highest BCUT2D eigenvalue weighted by Crippen LogP contribution is 2.24. The SMILES string of the molecule is CN(C(=O)c1ccc(N)c(Br)c1)C1COCC1C(=O)O. The Labute approximate surface area is 124 Å². The zero-order valence-corrected chi connectivity index (χ0v) is 12.5. The summed E-state index contributed by atoms with van der Waals surface area (Å²) >= 11 is 3.27. The van der Waals surface area contributed by atoms with E-state index in [0.717, 1.165) is 0 Å². The molecule has 1 aromatic carbocycles. The topological polar surface area (TPSA) is 92.9 Å². The summed E-state index contributed by atoms with van der Waals surface area (Å²) in [4.78, 5) is 24.9. The van der Waals surface area contributed by atoms with Gasteiger partial charge in [0, 0.05) is 22.8 Å². The van der Waals surface area contributed by atoms with Crippen molar-refractivity contribution in [3.05, 3.63) is 28.2 Å². The summed E-state index contributed by atoms with van der Waals surface area (Å²) in [5.41, 5.74) is 6.67. The van der Waals surface area contributed by atoms with Gasteiger partial charge in [-0.2, -0.15) is 0 Å². The van der Waals surface area contributed by atoms with Gasteiger partial charge in [-0.3, -0.25) is 9.59 Å². The van der Waals surface area contributed by atoms with Crippen molar-refractivity contribution in [3.8, 4) is 0 Å². The minimum atomic E-state index is -0.953. The van der Waals surface area contributed by atoms with Gasteiger partial charge in [-0.1, -0.05) is 0 Å². The Hall–Kier alpha value is -1.60. The quantitative estimate of drug-likeness (QED) is 0.805. The Kier molecular flexibility index (Phi) is 4.29. The van der Waals surface area contributed by atoms with Crippen molar-refractivity contribution < 1.29 is 19.4 Å². The maximum atomic E-state index is 12.4. The third kappa shape index (κ3) is 2.78. The highest BCUT2D eigenvalue weighted by atomic mass is 79.9. The molecule has 0 radical (unpaired) electrons. The highest BCUT2D eigenvalue weighted by molar-refractivity contribution is 9.10. The number of carbonyl (C=O) groups is 2. The van der Waals surface area contributed by atoms with Gasteiger partial charge < -0.3 is 20.5 Å². The van der Waals surface area contributed by atoms with Gasteiger partial charge in [-0.05, 0) is 34.1 Å². The van der Waals surface area contributed by atoms with E-state index >= 15 is 0 Å². The second kappa shape index (κ2) is 5.80. The van der Waals surface area contributed by atoms with Crippen molar-refractivity contribution in [3.63, 3.8) is 0 Å². The van der Waals surface area contributed by atoms with Crippen molar-refractivity contribution in [1.82, 2.24) is 4.90 Å². The number of benzene rings is 1. The average molecular weight is 343 g/mol. The number of likely N-dealkylation sites (N-methyl/N-ethyl adjacent to an activating group) is 1. The van der Waals surface area contributed by atoms with Gasteiger partial charge >= 0.3 is 5.97 Å². The summed E-state index contributed by atoms with van der Waals surface area (Å²) in [5, 5.41) is 9.12. The molecular formula is C13H15BrN2O4. The molecule has 2 atom stereocenters. The lowest BCUT2D eigenvalue weighted by Gasteiger charge is -2.26. The number of ether oxygens (including phenoxy) is 1. The van der Waals surface area contributed by atoms with E-state index in [1.165, 1.54) is 4.90 Å². The standard InChI is InChI=1S/C13H15BrN2O4/c1-16(11-6-20-5-8(11)13(18)19)12(17)7-2-3-10(15)9(14)4-7/h2-4,8,11H,5-6,15H2,1H3,(H,18,19). The van der Waals surface area contributed by atoms with Gasteiger partial charge in [-0.25, -0.2) is 0 Å². The molecule has 1 amide bonds. The number of anilines is 1. The lowest BCUT2D eigenvalue weighted by Crippen LogP contribution is -2.44. The molecule has 1 aromatic rings. The molecule has 20 heavy (non-hydrogen) atoms. The molecule has 2 rings (SSSR count). The van der Waals surface area contributed by atoms with Crippen LogP contribution in [0.1, 0.15) is 10.4 Å². The van der Waals surface area contributed by atoms with E-state index in [1.807, 2.05) is 0 Å². The molecule has 108 valence electrons. The number of carbonyl (C=O) groups excluding carboxylic acids is 1. The predicted octanol–water partition coefficient (Wildman–Crippen LogP) is 1.20. The Morgan fingerprint density at radius 3 is 2.75 bits per heavy atom. The number of halogens is 1. The molecule has 1 saturated heterocycles. The van der Waals surface area contributed by atoms with Crippen molar-refractivity contribution in [2.75, 3.05) is 26.0 Å². The summed E-state index contributed by atoms with van der Waals surface area (Å²) in [5.74, 6) is -1.90. The third-order valence-corrected chi connectivity index (χ3v) is 4.12. The first-order valence-corrected chi connectivity index (χ1v) is 6.84. The van der Waals surface area contributed by atoms with Crippen LogP contribution >= 0.6 is 15.9 Å². The summed E-state index contributed by atoms with van der Waals surface area (Å²) in [6.45, 7) is 0.360. The number of carboxylic acids is 1. The maximum absolute atomic E-state index is 12.4. The molecule has 1 aliphatic rings. The fourth-order valence-corrected chi connectivity index (χ4v) is 2.55. The van der Waals surface area contributed by atoms with Crippen molar-refractivity contribution >= 4 is 33.5 Å². The van der Waals surface area contributed by atoms with E-state index in [-0.39, 0.29) is 19.1 Å². The lowest BCUT2D eigenvalue weighted by molar-refractivity contribution is -0.142. The van der Waals surface area contributed by atoms with Gasteiger partial charge in [0.05, 0.1) is 19.3 Å². The first kappa shape index (κ1) is 14.8. The minimum Gasteiger partial charge on any atom is -0.481 e. The normalized spacial score (nSPS) is 21.7. The number of aliphatic carboxylic acids is 1. The molecule has 1 heterocycles. The summed E-state index contributed by atoms with van der Waals surface area (Å²) < 4.78 is 5.81. The molecule has 0 aliphatic carbocycles. The molecule has 1 aliphatic heterocycles. The zero-order valence-electron chi connectivity index (χ0n) is 10.9. The van der Waals surface area contributed by atoms with Crippen LogP contribution in [0.5, 0.6) is 0 Å². The maximum Gasteiger partial charge on any atom is 0.311 e. The van der Waals surface area contributed by atoms with Crippen LogP contribution in [0.15, 0.2) is 22.7 Å². The number of hydrogen-bond donors (Lipinski definition) is 2. The molecule has 7 heteroatoms. The molecule has 1 fully saturated rings. The average Bonchev–Trinajstić information content (AvgIpc) is 2.89. The van der Waals surface area contributed by atoms with E-state index in [9.17, 15) is 9.59 Å². The van der Waals surface area contributed by atoms with Crippen molar-refractivity contribution in [1.29, 1.82) is 0 Å².